The molecule has 0 saturated heterocycles. The van der Waals surface area contributed by atoms with E-state index >= 15 is 0 Å². The van der Waals surface area contributed by atoms with Crippen LogP contribution in [0.2, 0.25) is 5.02 Å². The second kappa shape index (κ2) is 4.25. The molecule has 2 rings (SSSR count). The van der Waals surface area contributed by atoms with Crippen LogP contribution >= 0.6 is 22.9 Å². The largest absolute Gasteiger partial charge is 0.433 e. The Labute approximate surface area is 99.6 Å². The maximum Gasteiger partial charge on any atom is 0.433 e. The van der Waals surface area contributed by atoms with E-state index < -0.39 is 11.0 Å². The Hall–Kier alpha value is -1.37. The van der Waals surface area contributed by atoms with Gasteiger partial charge in [0.15, 0.2) is 0 Å². The van der Waals surface area contributed by atoms with Crippen molar-refractivity contribution in [2.45, 2.75) is 6.04 Å². The van der Waals surface area contributed by atoms with Crippen molar-refractivity contribution in [3.8, 4) is 0 Å². The predicted molar refractivity (Wildman–Crippen MR) is 60.7 cm³/mol. The molecule has 5 nitrogen and oxygen atoms in total. The lowest BCUT2D eigenvalue weighted by Gasteiger charge is -2.05. The van der Waals surface area contributed by atoms with Gasteiger partial charge in [-0.3, -0.25) is 10.1 Å². The van der Waals surface area contributed by atoms with Crippen LogP contribution in [0.5, 0.6) is 0 Å². The number of halogens is 1. The topological polar surface area (TPSA) is 82.3 Å². The van der Waals surface area contributed by atoms with E-state index in [4.69, 9.17) is 21.8 Å². The minimum atomic E-state index is -0.605. The summed E-state index contributed by atoms with van der Waals surface area (Å²) < 4.78 is 5.01. The van der Waals surface area contributed by atoms with E-state index in [1.54, 1.807) is 11.4 Å². The van der Waals surface area contributed by atoms with E-state index in [0.717, 1.165) is 4.88 Å². The molecule has 1 atom stereocenters. The fourth-order valence-electron chi connectivity index (χ4n) is 1.26. The Kier molecular flexibility index (Phi) is 2.95. The number of nitrogens with zero attached hydrogens (tertiary/aromatic N) is 1. The van der Waals surface area contributed by atoms with Crippen molar-refractivity contribution >= 4 is 28.8 Å². The van der Waals surface area contributed by atoms with Crippen LogP contribution in [-0.2, 0) is 0 Å². The summed E-state index contributed by atoms with van der Waals surface area (Å²) in [5.41, 5.74) is 5.88. The highest BCUT2D eigenvalue weighted by molar-refractivity contribution is 7.10. The molecule has 0 saturated carbocycles. The Bertz CT molecular complexity index is 522. The first kappa shape index (κ1) is 11.1. The average molecular weight is 259 g/mol. The van der Waals surface area contributed by atoms with Crippen LogP contribution in [0.25, 0.3) is 0 Å². The van der Waals surface area contributed by atoms with Crippen LogP contribution in [0.15, 0.2) is 28.0 Å². The molecule has 2 heterocycles. The van der Waals surface area contributed by atoms with Gasteiger partial charge in [0.1, 0.15) is 10.7 Å². The van der Waals surface area contributed by atoms with Gasteiger partial charge in [-0.25, -0.2) is 0 Å². The molecule has 0 aliphatic heterocycles. The molecule has 7 heteroatoms. The normalized spacial score (nSPS) is 12.6. The molecule has 84 valence electrons. The number of thiophene rings is 1. The van der Waals surface area contributed by atoms with E-state index in [1.165, 1.54) is 23.5 Å². The van der Waals surface area contributed by atoms with Gasteiger partial charge in [-0.15, -0.1) is 11.3 Å². The van der Waals surface area contributed by atoms with Crippen molar-refractivity contribution in [1.82, 2.24) is 0 Å². The highest BCUT2D eigenvalue weighted by atomic mass is 35.5. The lowest BCUT2D eigenvalue weighted by atomic mass is 10.2. The van der Waals surface area contributed by atoms with Gasteiger partial charge in [0.25, 0.3) is 0 Å². The summed E-state index contributed by atoms with van der Waals surface area (Å²) >= 11 is 7.29. The number of rotatable bonds is 3. The minimum absolute atomic E-state index is 0.321. The minimum Gasteiger partial charge on any atom is -0.404 e. The van der Waals surface area contributed by atoms with E-state index in [2.05, 4.69) is 0 Å². The van der Waals surface area contributed by atoms with Crippen LogP contribution < -0.4 is 5.73 Å². The van der Waals surface area contributed by atoms with Gasteiger partial charge in [-0.1, -0.05) is 11.6 Å². The Morgan fingerprint density at radius 1 is 1.50 bits per heavy atom. The number of hydrogen-bond donors (Lipinski definition) is 1. The lowest BCUT2D eigenvalue weighted by Crippen LogP contribution is -2.09. The van der Waals surface area contributed by atoms with Crippen LogP contribution in [0.3, 0.4) is 0 Å². The van der Waals surface area contributed by atoms with Crippen molar-refractivity contribution in [1.29, 1.82) is 0 Å². The number of nitro groups is 1. The molecule has 0 fully saturated rings. The summed E-state index contributed by atoms with van der Waals surface area (Å²) in [6.45, 7) is 0. The second-order valence-corrected chi connectivity index (χ2v) is 4.40. The molecule has 0 aliphatic carbocycles. The standard InChI is InChI=1S/C9H7ClN2O3S/c10-5-3-4-16-9(5)8(11)6-1-2-7(15-6)12(13)14/h1-4,8H,11H2. The molecule has 0 radical (unpaired) electrons. The van der Waals surface area contributed by atoms with E-state index in [-0.39, 0.29) is 5.88 Å². The molecule has 2 N–H and O–H groups in total. The fourth-order valence-corrected chi connectivity index (χ4v) is 2.45. The zero-order valence-electron chi connectivity index (χ0n) is 7.92. The summed E-state index contributed by atoms with van der Waals surface area (Å²) in [6, 6.07) is 3.91. The van der Waals surface area contributed by atoms with E-state index in [9.17, 15) is 10.1 Å². The smallest absolute Gasteiger partial charge is 0.404 e. The highest BCUT2D eigenvalue weighted by Gasteiger charge is 2.20. The number of nitrogens with two attached hydrogens (primary N) is 1. The van der Waals surface area contributed by atoms with Crippen LogP contribution in [-0.4, -0.2) is 4.92 Å². The molecule has 16 heavy (non-hydrogen) atoms. The molecule has 2 aromatic heterocycles. The van der Waals surface area contributed by atoms with Gasteiger partial charge in [0.05, 0.1) is 17.1 Å². The molecule has 0 spiro atoms. The third kappa shape index (κ3) is 1.95. The van der Waals surface area contributed by atoms with Crippen molar-refractivity contribution in [3.05, 3.63) is 49.4 Å². The lowest BCUT2D eigenvalue weighted by molar-refractivity contribution is -0.402. The van der Waals surface area contributed by atoms with Gasteiger partial charge in [0, 0.05) is 4.88 Å². The van der Waals surface area contributed by atoms with Crippen molar-refractivity contribution in [3.63, 3.8) is 0 Å². The first-order chi connectivity index (χ1) is 7.59. The summed E-state index contributed by atoms with van der Waals surface area (Å²) in [4.78, 5) is 10.6. The number of hydrogen-bond acceptors (Lipinski definition) is 5. The zero-order valence-corrected chi connectivity index (χ0v) is 9.49. The molecule has 0 aliphatic rings. The average Bonchev–Trinajstić information content (AvgIpc) is 2.84. The summed E-state index contributed by atoms with van der Waals surface area (Å²) in [5.74, 6) is 0.00850. The maximum atomic E-state index is 10.4. The fraction of sp³-hybridized carbons (Fsp3) is 0.111. The molecule has 2 aromatic rings. The summed E-state index contributed by atoms with van der Waals surface area (Å²) in [5, 5.41) is 12.8. The van der Waals surface area contributed by atoms with E-state index in [0.29, 0.717) is 10.8 Å². The molecule has 0 amide bonds. The second-order valence-electron chi connectivity index (χ2n) is 3.04. The third-order valence-electron chi connectivity index (χ3n) is 2.03. The monoisotopic (exact) mass is 258 g/mol. The van der Waals surface area contributed by atoms with Crippen LogP contribution in [0, 0.1) is 10.1 Å². The van der Waals surface area contributed by atoms with Gasteiger partial charge in [-0.2, -0.15) is 0 Å². The molecular weight excluding hydrogens is 252 g/mol. The molecular formula is C9H7ClN2O3S. The van der Waals surface area contributed by atoms with Gasteiger partial charge < -0.3 is 10.2 Å². The van der Waals surface area contributed by atoms with Crippen molar-refractivity contribution in [2.75, 3.05) is 0 Å². The summed E-state index contributed by atoms with van der Waals surface area (Å²) in [6.07, 6.45) is 0. The van der Waals surface area contributed by atoms with E-state index in [1.807, 2.05) is 0 Å². The quantitative estimate of drug-likeness (QED) is 0.678. The maximum absolute atomic E-state index is 10.4. The van der Waals surface area contributed by atoms with Gasteiger partial charge >= 0.3 is 5.88 Å². The summed E-state index contributed by atoms with van der Waals surface area (Å²) in [7, 11) is 0. The Morgan fingerprint density at radius 3 is 2.75 bits per heavy atom. The van der Waals surface area contributed by atoms with Crippen molar-refractivity contribution in [2.24, 2.45) is 5.73 Å². The van der Waals surface area contributed by atoms with Crippen molar-refractivity contribution < 1.29 is 9.34 Å². The first-order valence-corrected chi connectivity index (χ1v) is 5.58. The SMILES string of the molecule is NC(c1ccc([N+](=O)[O-])o1)c1sccc1Cl. The Balaban J connectivity index is 2.31. The molecule has 0 bridgehead atoms. The molecule has 0 aromatic carbocycles. The number of furan rings is 1. The van der Waals surface area contributed by atoms with Gasteiger partial charge in [0.2, 0.25) is 0 Å². The molecule has 1 unspecified atom stereocenters. The predicted octanol–water partition coefficient (Wildman–Crippen LogP) is 2.95. The van der Waals surface area contributed by atoms with Crippen LogP contribution in [0.4, 0.5) is 5.88 Å². The zero-order chi connectivity index (χ0) is 11.7. The highest BCUT2D eigenvalue weighted by Crippen LogP contribution is 2.32. The van der Waals surface area contributed by atoms with Gasteiger partial charge in [-0.05, 0) is 17.5 Å². The first-order valence-electron chi connectivity index (χ1n) is 4.32. The Morgan fingerprint density at radius 2 is 2.25 bits per heavy atom. The van der Waals surface area contributed by atoms with Crippen LogP contribution in [0.1, 0.15) is 16.7 Å². The third-order valence-corrected chi connectivity index (χ3v) is 3.47.